The highest BCUT2D eigenvalue weighted by Crippen LogP contribution is 2.23. The molecule has 0 aliphatic carbocycles. The first-order valence-corrected chi connectivity index (χ1v) is 16.4. The van der Waals surface area contributed by atoms with Gasteiger partial charge in [-0.2, -0.15) is 0 Å². The maximum absolute atomic E-state index is 13.9. The number of sulfonamides is 1. The number of hydrogen-bond donors (Lipinski definition) is 1. The largest absolute Gasteiger partial charge is 0.352 e. The minimum Gasteiger partial charge on any atom is -0.352 e. The Morgan fingerprint density at radius 1 is 0.902 bits per heavy atom. The molecule has 0 radical (unpaired) electrons. The summed E-state index contributed by atoms with van der Waals surface area (Å²) in [6.45, 7) is 8.11. The normalized spacial score (nSPS) is 12.2. The first-order chi connectivity index (χ1) is 19.3. The molecule has 7 nitrogen and oxygen atoms in total. The van der Waals surface area contributed by atoms with E-state index in [0.29, 0.717) is 18.5 Å². The first kappa shape index (κ1) is 32.3. The highest BCUT2D eigenvalue weighted by molar-refractivity contribution is 9.10. The fourth-order valence-corrected chi connectivity index (χ4v) is 5.83. The molecule has 0 fully saturated rings. The smallest absolute Gasteiger partial charge is 0.243 e. The Balaban J connectivity index is 1.88. The molecule has 0 spiro atoms. The third-order valence-corrected chi connectivity index (χ3v) is 8.62. The molecule has 220 valence electrons. The SMILES string of the molecule is Cc1ccc(N(CCCC(=O)N(Cc2ccc(Br)cc2)[C@@H](Cc2ccccc2)C(=O)NC(C)C)S(C)(=O)=O)cc1C. The molecular formula is C32H40BrN3O4S. The van der Waals surface area contributed by atoms with Gasteiger partial charge in [-0.1, -0.05) is 64.5 Å². The maximum atomic E-state index is 13.9. The monoisotopic (exact) mass is 641 g/mol. The Hall–Kier alpha value is -3.17. The number of nitrogens with zero attached hydrogens (tertiary/aromatic N) is 2. The number of halogens is 1. The lowest BCUT2D eigenvalue weighted by Crippen LogP contribution is -2.51. The predicted octanol–water partition coefficient (Wildman–Crippen LogP) is 5.78. The van der Waals surface area contributed by atoms with Crippen LogP contribution in [-0.4, -0.2) is 50.0 Å². The van der Waals surface area contributed by atoms with Crippen LogP contribution in [0.25, 0.3) is 0 Å². The van der Waals surface area contributed by atoms with Crippen molar-refractivity contribution in [2.45, 2.75) is 65.6 Å². The molecular weight excluding hydrogens is 602 g/mol. The molecule has 3 aromatic carbocycles. The van der Waals surface area contributed by atoms with Crippen LogP contribution in [0, 0.1) is 13.8 Å². The summed E-state index contributed by atoms with van der Waals surface area (Å²) in [5.41, 5.74) is 4.49. The third kappa shape index (κ3) is 9.71. The summed E-state index contributed by atoms with van der Waals surface area (Å²) in [4.78, 5) is 29.0. The molecule has 41 heavy (non-hydrogen) atoms. The average Bonchev–Trinajstić information content (AvgIpc) is 2.90. The van der Waals surface area contributed by atoms with Gasteiger partial charge >= 0.3 is 0 Å². The molecule has 0 aromatic heterocycles. The van der Waals surface area contributed by atoms with Crippen LogP contribution in [0.2, 0.25) is 0 Å². The molecule has 0 aliphatic rings. The number of nitrogens with one attached hydrogen (secondary N) is 1. The van der Waals surface area contributed by atoms with E-state index in [9.17, 15) is 18.0 Å². The second-order valence-electron chi connectivity index (χ2n) is 10.7. The lowest BCUT2D eigenvalue weighted by Gasteiger charge is -2.32. The number of rotatable bonds is 13. The molecule has 0 bridgehead atoms. The van der Waals surface area contributed by atoms with Crippen LogP contribution in [0.15, 0.2) is 77.3 Å². The van der Waals surface area contributed by atoms with E-state index in [4.69, 9.17) is 0 Å². The van der Waals surface area contributed by atoms with E-state index in [2.05, 4.69) is 21.2 Å². The van der Waals surface area contributed by atoms with E-state index in [1.807, 2.05) is 94.4 Å². The number of benzene rings is 3. The van der Waals surface area contributed by atoms with Gasteiger partial charge in [0.1, 0.15) is 6.04 Å². The third-order valence-electron chi connectivity index (χ3n) is 6.90. The second kappa shape index (κ2) is 14.6. The minimum atomic E-state index is -3.56. The van der Waals surface area contributed by atoms with Crippen molar-refractivity contribution in [2.24, 2.45) is 0 Å². The Kier molecular flexibility index (Phi) is 11.5. The Labute approximate surface area is 253 Å². The van der Waals surface area contributed by atoms with Crippen LogP contribution < -0.4 is 9.62 Å². The summed E-state index contributed by atoms with van der Waals surface area (Å²) in [6.07, 6.45) is 1.93. The van der Waals surface area contributed by atoms with E-state index in [1.165, 1.54) is 10.6 Å². The van der Waals surface area contributed by atoms with Gasteiger partial charge in [-0.05, 0) is 80.6 Å². The summed E-state index contributed by atoms with van der Waals surface area (Å²) < 4.78 is 27.6. The van der Waals surface area contributed by atoms with Gasteiger partial charge in [-0.25, -0.2) is 8.42 Å². The van der Waals surface area contributed by atoms with Crippen molar-refractivity contribution < 1.29 is 18.0 Å². The molecule has 0 unspecified atom stereocenters. The molecule has 0 saturated carbocycles. The van der Waals surface area contributed by atoms with Crippen molar-refractivity contribution in [3.05, 3.63) is 99.5 Å². The van der Waals surface area contributed by atoms with Gasteiger partial charge in [-0.15, -0.1) is 0 Å². The number of hydrogen-bond acceptors (Lipinski definition) is 4. The van der Waals surface area contributed by atoms with Crippen LogP contribution in [0.3, 0.4) is 0 Å². The number of amides is 2. The van der Waals surface area contributed by atoms with Gasteiger partial charge in [0.2, 0.25) is 21.8 Å². The lowest BCUT2D eigenvalue weighted by molar-refractivity contribution is -0.141. The molecule has 3 rings (SSSR count). The molecule has 1 atom stereocenters. The van der Waals surface area contributed by atoms with Gasteiger partial charge in [-0.3, -0.25) is 13.9 Å². The summed E-state index contributed by atoms with van der Waals surface area (Å²) in [5.74, 6) is -0.427. The van der Waals surface area contributed by atoms with Crippen molar-refractivity contribution >= 4 is 43.5 Å². The van der Waals surface area contributed by atoms with Crippen LogP contribution in [0.4, 0.5) is 5.69 Å². The molecule has 1 N–H and O–H groups in total. The number of aryl methyl sites for hydroxylation is 2. The predicted molar refractivity (Wildman–Crippen MR) is 169 cm³/mol. The topological polar surface area (TPSA) is 86.8 Å². The van der Waals surface area contributed by atoms with E-state index in [0.717, 1.165) is 26.7 Å². The molecule has 0 heterocycles. The van der Waals surface area contributed by atoms with Gasteiger partial charge in [0.25, 0.3) is 0 Å². The first-order valence-electron chi connectivity index (χ1n) is 13.8. The molecule has 0 saturated heterocycles. The molecule has 3 aromatic rings. The van der Waals surface area contributed by atoms with Crippen molar-refractivity contribution in [1.82, 2.24) is 10.2 Å². The van der Waals surface area contributed by atoms with Gasteiger partial charge < -0.3 is 10.2 Å². The van der Waals surface area contributed by atoms with Crippen LogP contribution in [0.5, 0.6) is 0 Å². The standard InChI is InChI=1S/C32H40BrN3O4S/c1-23(2)34-32(38)30(21-26-10-7-6-8-11-26)35(22-27-14-16-28(33)17-15-27)31(37)12-9-19-36(41(5,39)40)29-18-13-24(3)25(4)20-29/h6-8,10-11,13-18,20,23,30H,9,12,19,21-22H2,1-5H3,(H,34,38)/t30-/m0/s1. The van der Waals surface area contributed by atoms with E-state index in [1.54, 1.807) is 11.0 Å². The maximum Gasteiger partial charge on any atom is 0.243 e. The summed E-state index contributed by atoms with van der Waals surface area (Å²) in [6, 6.07) is 22.0. The van der Waals surface area contributed by atoms with E-state index >= 15 is 0 Å². The van der Waals surface area contributed by atoms with Gasteiger partial charge in [0, 0.05) is 36.4 Å². The zero-order chi connectivity index (χ0) is 30.2. The van der Waals surface area contributed by atoms with Gasteiger partial charge in [0.15, 0.2) is 0 Å². The summed E-state index contributed by atoms with van der Waals surface area (Å²) >= 11 is 3.46. The summed E-state index contributed by atoms with van der Waals surface area (Å²) in [5, 5.41) is 2.99. The molecule has 9 heteroatoms. The lowest BCUT2D eigenvalue weighted by atomic mass is 10.0. The molecule has 0 aliphatic heterocycles. The minimum absolute atomic E-state index is 0.0909. The number of carbonyl (C=O) groups is 2. The molecule has 2 amide bonds. The average molecular weight is 643 g/mol. The quantitative estimate of drug-likeness (QED) is 0.256. The highest BCUT2D eigenvalue weighted by Gasteiger charge is 2.31. The Morgan fingerprint density at radius 3 is 2.15 bits per heavy atom. The fraction of sp³-hybridized carbons (Fsp3) is 0.375. The zero-order valence-corrected chi connectivity index (χ0v) is 26.8. The Bertz CT molecular complexity index is 1430. The Morgan fingerprint density at radius 2 is 1.56 bits per heavy atom. The van der Waals surface area contributed by atoms with Crippen molar-refractivity contribution in [3.63, 3.8) is 0 Å². The van der Waals surface area contributed by atoms with Crippen molar-refractivity contribution in [2.75, 3.05) is 17.1 Å². The second-order valence-corrected chi connectivity index (χ2v) is 13.5. The van der Waals surface area contributed by atoms with Crippen molar-refractivity contribution in [1.29, 1.82) is 0 Å². The van der Waals surface area contributed by atoms with E-state index in [-0.39, 0.29) is 37.4 Å². The van der Waals surface area contributed by atoms with E-state index < -0.39 is 16.1 Å². The fourth-order valence-electron chi connectivity index (χ4n) is 4.61. The number of carbonyl (C=O) groups excluding carboxylic acids is 2. The van der Waals surface area contributed by atoms with Gasteiger partial charge in [0.05, 0.1) is 11.9 Å². The van der Waals surface area contributed by atoms with Crippen LogP contribution in [-0.2, 0) is 32.6 Å². The summed E-state index contributed by atoms with van der Waals surface area (Å²) in [7, 11) is -3.56. The highest BCUT2D eigenvalue weighted by atomic mass is 79.9. The zero-order valence-electron chi connectivity index (χ0n) is 24.4. The van der Waals surface area contributed by atoms with Crippen LogP contribution in [0.1, 0.15) is 48.9 Å². The van der Waals surface area contributed by atoms with Crippen LogP contribution >= 0.6 is 15.9 Å². The van der Waals surface area contributed by atoms with Crippen molar-refractivity contribution in [3.8, 4) is 0 Å². The number of anilines is 1.